The molecule has 4 rings (SSSR count). The molecular formula is C21H18F2N4O4. The Morgan fingerprint density at radius 3 is 2.35 bits per heavy atom. The summed E-state index contributed by atoms with van der Waals surface area (Å²) < 4.78 is 34.4. The second kappa shape index (κ2) is 8.60. The van der Waals surface area contributed by atoms with Gasteiger partial charge in [-0.15, -0.1) is 0 Å². The molecule has 8 nitrogen and oxygen atoms in total. The van der Waals surface area contributed by atoms with Crippen LogP contribution in [0.2, 0.25) is 0 Å². The van der Waals surface area contributed by atoms with Crippen molar-refractivity contribution in [3.63, 3.8) is 0 Å². The van der Waals surface area contributed by atoms with Crippen LogP contribution in [0, 0.1) is 11.6 Å². The van der Waals surface area contributed by atoms with Crippen molar-refractivity contribution < 1.29 is 18.3 Å². The maximum atomic E-state index is 14.2. The topological polar surface area (TPSA) is 86.4 Å². The van der Waals surface area contributed by atoms with Crippen LogP contribution in [0.15, 0.2) is 58.1 Å². The number of hydrogen-bond acceptors (Lipinski definition) is 5. The molecular weight excluding hydrogens is 410 g/mol. The second-order valence-corrected chi connectivity index (χ2v) is 6.91. The van der Waals surface area contributed by atoms with Crippen molar-refractivity contribution in [2.24, 2.45) is 0 Å². The van der Waals surface area contributed by atoms with Gasteiger partial charge in [0.2, 0.25) is 5.69 Å². The summed E-state index contributed by atoms with van der Waals surface area (Å²) in [6.45, 7) is 0.767. The maximum absolute atomic E-state index is 14.2. The van der Waals surface area contributed by atoms with Crippen LogP contribution >= 0.6 is 0 Å². The van der Waals surface area contributed by atoms with Gasteiger partial charge in [0.05, 0.1) is 25.4 Å². The monoisotopic (exact) mass is 428 g/mol. The fourth-order valence-electron chi connectivity index (χ4n) is 3.25. The van der Waals surface area contributed by atoms with E-state index in [1.54, 1.807) is 6.07 Å². The SMILES string of the molecule is O=C(c1nn(-c2ccc(F)cc2)c(=O)n(Cc2ccccc2F)c1=O)N1CCOCC1. The van der Waals surface area contributed by atoms with Gasteiger partial charge < -0.3 is 9.64 Å². The molecule has 31 heavy (non-hydrogen) atoms. The highest BCUT2D eigenvalue weighted by atomic mass is 19.1. The number of carbonyl (C=O) groups is 1. The molecule has 1 aliphatic heterocycles. The number of carbonyl (C=O) groups excluding carboxylic acids is 1. The number of halogens is 2. The molecule has 2 aromatic carbocycles. The van der Waals surface area contributed by atoms with Crippen LogP contribution in [0.25, 0.3) is 5.69 Å². The summed E-state index contributed by atoms with van der Waals surface area (Å²) in [7, 11) is 0. The number of rotatable bonds is 4. The van der Waals surface area contributed by atoms with E-state index in [2.05, 4.69) is 5.10 Å². The molecule has 3 aromatic rings. The van der Waals surface area contributed by atoms with Gasteiger partial charge in [0.25, 0.3) is 11.5 Å². The van der Waals surface area contributed by atoms with Crippen LogP contribution in [-0.4, -0.2) is 51.5 Å². The first kappa shape index (κ1) is 20.6. The largest absolute Gasteiger partial charge is 0.378 e. The molecule has 1 fully saturated rings. The molecule has 0 atom stereocenters. The van der Waals surface area contributed by atoms with Gasteiger partial charge in [0.1, 0.15) is 11.6 Å². The van der Waals surface area contributed by atoms with E-state index >= 15 is 0 Å². The van der Waals surface area contributed by atoms with Crippen LogP contribution < -0.4 is 11.2 Å². The minimum absolute atomic E-state index is 0.100. The van der Waals surface area contributed by atoms with Crippen molar-refractivity contribution in [3.05, 3.63) is 92.3 Å². The molecule has 0 unspecified atom stereocenters. The van der Waals surface area contributed by atoms with Gasteiger partial charge in [-0.25, -0.2) is 13.6 Å². The number of benzene rings is 2. The summed E-state index contributed by atoms with van der Waals surface area (Å²) in [4.78, 5) is 40.5. The number of nitrogens with zero attached hydrogens (tertiary/aromatic N) is 4. The van der Waals surface area contributed by atoms with E-state index in [1.165, 1.54) is 35.2 Å². The zero-order valence-electron chi connectivity index (χ0n) is 16.3. The van der Waals surface area contributed by atoms with Crippen LogP contribution in [-0.2, 0) is 11.3 Å². The minimum atomic E-state index is -0.928. The van der Waals surface area contributed by atoms with Crippen molar-refractivity contribution in [1.82, 2.24) is 19.2 Å². The van der Waals surface area contributed by atoms with Crippen LogP contribution in [0.3, 0.4) is 0 Å². The molecule has 10 heteroatoms. The summed E-state index contributed by atoms with van der Waals surface area (Å²) in [6, 6.07) is 10.5. The average molecular weight is 428 g/mol. The first-order valence-electron chi connectivity index (χ1n) is 9.56. The lowest BCUT2D eigenvalue weighted by Gasteiger charge is -2.26. The van der Waals surface area contributed by atoms with Gasteiger partial charge in [-0.3, -0.25) is 14.2 Å². The number of amides is 1. The lowest BCUT2D eigenvalue weighted by atomic mass is 10.2. The fourth-order valence-corrected chi connectivity index (χ4v) is 3.25. The average Bonchev–Trinajstić information content (AvgIpc) is 2.79. The zero-order valence-corrected chi connectivity index (χ0v) is 16.3. The Kier molecular flexibility index (Phi) is 5.72. The molecule has 160 valence electrons. The van der Waals surface area contributed by atoms with E-state index in [1.807, 2.05) is 0 Å². The molecule has 0 bridgehead atoms. The van der Waals surface area contributed by atoms with Crippen molar-refractivity contribution in [1.29, 1.82) is 0 Å². The summed E-state index contributed by atoms with van der Waals surface area (Å²) in [5.74, 6) is -1.78. The third-order valence-corrected chi connectivity index (χ3v) is 4.92. The third kappa shape index (κ3) is 4.15. The Hall–Kier alpha value is -3.66. The molecule has 1 aliphatic rings. The predicted molar refractivity (Wildman–Crippen MR) is 106 cm³/mol. The summed E-state index contributed by atoms with van der Waals surface area (Å²) in [5, 5.41) is 3.99. The minimum Gasteiger partial charge on any atom is -0.378 e. The highest BCUT2D eigenvalue weighted by Gasteiger charge is 2.26. The molecule has 0 N–H and O–H groups in total. The number of aromatic nitrogens is 3. The Morgan fingerprint density at radius 2 is 1.68 bits per heavy atom. The number of ether oxygens (including phenoxy) is 1. The Balaban J connectivity index is 1.88. The molecule has 1 saturated heterocycles. The summed E-state index contributed by atoms with van der Waals surface area (Å²) in [6.07, 6.45) is 0. The van der Waals surface area contributed by atoms with E-state index in [0.29, 0.717) is 13.2 Å². The van der Waals surface area contributed by atoms with Crippen molar-refractivity contribution in [3.8, 4) is 5.69 Å². The van der Waals surface area contributed by atoms with Crippen molar-refractivity contribution >= 4 is 5.91 Å². The lowest BCUT2D eigenvalue weighted by Crippen LogP contribution is -2.48. The van der Waals surface area contributed by atoms with E-state index in [-0.39, 0.29) is 24.3 Å². The smallest absolute Gasteiger partial charge is 0.352 e. The van der Waals surface area contributed by atoms with Crippen LogP contribution in [0.1, 0.15) is 16.1 Å². The zero-order chi connectivity index (χ0) is 22.0. The van der Waals surface area contributed by atoms with Gasteiger partial charge in [-0.1, -0.05) is 18.2 Å². The Bertz CT molecular complexity index is 1230. The molecule has 1 amide bonds. The summed E-state index contributed by atoms with van der Waals surface area (Å²) in [5.41, 5.74) is -2.03. The molecule has 0 spiro atoms. The Labute approximate surface area is 174 Å². The highest BCUT2D eigenvalue weighted by Crippen LogP contribution is 2.09. The number of hydrogen-bond donors (Lipinski definition) is 0. The fraction of sp³-hybridized carbons (Fsp3) is 0.238. The Morgan fingerprint density at radius 1 is 1.00 bits per heavy atom. The molecule has 0 saturated carbocycles. The predicted octanol–water partition coefficient (Wildman–Crippen LogP) is 1.19. The third-order valence-electron chi connectivity index (χ3n) is 4.92. The highest BCUT2D eigenvalue weighted by molar-refractivity contribution is 5.91. The van der Waals surface area contributed by atoms with Gasteiger partial charge in [-0.05, 0) is 30.3 Å². The first-order chi connectivity index (χ1) is 15.0. The standard InChI is InChI=1S/C21H18F2N4O4/c22-15-5-7-16(8-6-15)27-21(30)26(13-14-3-1-2-4-17(14)23)20(29)18(24-27)19(28)25-9-11-31-12-10-25/h1-8H,9-13H2. The van der Waals surface area contributed by atoms with E-state index in [9.17, 15) is 23.2 Å². The van der Waals surface area contributed by atoms with Crippen molar-refractivity contribution in [2.45, 2.75) is 6.54 Å². The quantitative estimate of drug-likeness (QED) is 0.623. The number of morpholine rings is 1. The lowest BCUT2D eigenvalue weighted by molar-refractivity contribution is 0.0295. The van der Waals surface area contributed by atoms with Gasteiger partial charge in [0.15, 0.2) is 0 Å². The second-order valence-electron chi connectivity index (χ2n) is 6.91. The van der Waals surface area contributed by atoms with Gasteiger partial charge in [0, 0.05) is 18.7 Å². The molecule has 0 radical (unpaired) electrons. The van der Waals surface area contributed by atoms with Gasteiger partial charge >= 0.3 is 5.69 Å². The van der Waals surface area contributed by atoms with E-state index in [0.717, 1.165) is 21.4 Å². The van der Waals surface area contributed by atoms with Crippen LogP contribution in [0.4, 0.5) is 8.78 Å². The van der Waals surface area contributed by atoms with Crippen molar-refractivity contribution in [2.75, 3.05) is 26.3 Å². The van der Waals surface area contributed by atoms with Crippen LogP contribution in [0.5, 0.6) is 0 Å². The summed E-state index contributed by atoms with van der Waals surface area (Å²) >= 11 is 0. The normalized spacial score (nSPS) is 13.9. The van der Waals surface area contributed by atoms with E-state index in [4.69, 9.17) is 4.74 Å². The molecule has 2 heterocycles. The van der Waals surface area contributed by atoms with Gasteiger partial charge in [-0.2, -0.15) is 9.78 Å². The first-order valence-corrected chi connectivity index (χ1v) is 9.56. The van der Waals surface area contributed by atoms with E-state index < -0.39 is 41.0 Å². The maximum Gasteiger partial charge on any atom is 0.352 e. The molecule has 1 aromatic heterocycles. The molecule has 0 aliphatic carbocycles.